The first-order valence-electron chi connectivity index (χ1n) is 9.74. The van der Waals surface area contributed by atoms with Crippen molar-refractivity contribution in [1.29, 1.82) is 0 Å². The van der Waals surface area contributed by atoms with Crippen molar-refractivity contribution < 1.29 is 4.42 Å². The zero-order chi connectivity index (χ0) is 19.4. The summed E-state index contributed by atoms with van der Waals surface area (Å²) >= 11 is 6.77. The van der Waals surface area contributed by atoms with Crippen molar-refractivity contribution in [3.63, 3.8) is 0 Å². The molecule has 0 aliphatic heterocycles. The number of fused-ring (bicyclic) bond motifs is 5. The Morgan fingerprint density at radius 2 is 1.24 bits per heavy atom. The first kappa shape index (κ1) is 16.6. The highest BCUT2D eigenvalue weighted by atomic mass is 35.5. The predicted octanol–water partition coefficient (Wildman–Crippen LogP) is 7.45. The Balaban J connectivity index is 1.89. The van der Waals surface area contributed by atoms with Crippen LogP contribution in [-0.4, -0.2) is 0 Å². The molecule has 0 N–H and O–H groups in total. The summed E-state index contributed by atoms with van der Waals surface area (Å²) in [5, 5.41) is 1.85. The standard InChI is InChI=1S/C27H17ClO/c28-22-16-9-15-21-24(22)26-25(20-14-7-8-17-23(20)29-26)27(21,18-10-3-1-4-11-18)19-12-5-2-6-13-19/h1-17H. The van der Waals surface area contributed by atoms with Crippen LogP contribution in [-0.2, 0) is 5.41 Å². The fourth-order valence-corrected chi connectivity index (χ4v) is 5.20. The highest BCUT2D eigenvalue weighted by Gasteiger charge is 2.50. The molecule has 5 aromatic rings. The van der Waals surface area contributed by atoms with Gasteiger partial charge < -0.3 is 4.42 Å². The van der Waals surface area contributed by atoms with E-state index in [4.69, 9.17) is 16.0 Å². The van der Waals surface area contributed by atoms with Crippen LogP contribution in [0.3, 0.4) is 0 Å². The minimum atomic E-state index is -0.481. The maximum atomic E-state index is 6.77. The quantitative estimate of drug-likeness (QED) is 0.298. The average molecular weight is 393 g/mol. The van der Waals surface area contributed by atoms with E-state index in [1.165, 1.54) is 22.3 Å². The molecule has 0 atom stereocenters. The van der Waals surface area contributed by atoms with Crippen LogP contribution in [0, 0.1) is 0 Å². The molecule has 0 saturated carbocycles. The fraction of sp³-hybridized carbons (Fsp3) is 0.0370. The summed E-state index contributed by atoms with van der Waals surface area (Å²) in [6, 6.07) is 35.8. The monoisotopic (exact) mass is 392 g/mol. The van der Waals surface area contributed by atoms with Gasteiger partial charge in [-0.1, -0.05) is 103 Å². The topological polar surface area (TPSA) is 13.1 Å². The van der Waals surface area contributed by atoms with E-state index in [-0.39, 0.29) is 0 Å². The molecule has 138 valence electrons. The molecular weight excluding hydrogens is 376 g/mol. The summed E-state index contributed by atoms with van der Waals surface area (Å²) in [4.78, 5) is 0. The highest BCUT2D eigenvalue weighted by molar-refractivity contribution is 6.34. The van der Waals surface area contributed by atoms with E-state index in [1.807, 2.05) is 24.3 Å². The number of benzene rings is 4. The van der Waals surface area contributed by atoms with Crippen LogP contribution in [0.25, 0.3) is 22.3 Å². The number of hydrogen-bond donors (Lipinski definition) is 0. The van der Waals surface area contributed by atoms with Crippen LogP contribution in [0.1, 0.15) is 22.3 Å². The van der Waals surface area contributed by atoms with Crippen molar-refractivity contribution in [1.82, 2.24) is 0 Å². The first-order valence-corrected chi connectivity index (χ1v) is 10.1. The van der Waals surface area contributed by atoms with E-state index in [0.29, 0.717) is 0 Å². The van der Waals surface area contributed by atoms with E-state index >= 15 is 0 Å². The Kier molecular flexibility index (Phi) is 3.50. The molecule has 4 aromatic carbocycles. The minimum Gasteiger partial charge on any atom is -0.456 e. The van der Waals surface area contributed by atoms with E-state index in [1.54, 1.807) is 0 Å². The van der Waals surface area contributed by atoms with E-state index < -0.39 is 5.41 Å². The molecule has 6 rings (SSSR count). The summed E-state index contributed by atoms with van der Waals surface area (Å²) in [6.45, 7) is 0. The Morgan fingerprint density at radius 1 is 0.621 bits per heavy atom. The van der Waals surface area contributed by atoms with Gasteiger partial charge in [-0.3, -0.25) is 0 Å². The molecule has 1 heterocycles. The molecule has 1 aliphatic rings. The molecule has 0 bridgehead atoms. The molecule has 1 aromatic heterocycles. The number of rotatable bonds is 2. The third-order valence-corrected chi connectivity index (χ3v) is 6.34. The number of hydrogen-bond acceptors (Lipinski definition) is 1. The lowest BCUT2D eigenvalue weighted by molar-refractivity contribution is 0.628. The van der Waals surface area contributed by atoms with Gasteiger partial charge in [0.1, 0.15) is 11.3 Å². The molecule has 0 unspecified atom stereocenters. The van der Waals surface area contributed by atoms with Gasteiger partial charge in [0.15, 0.2) is 0 Å². The normalized spacial score (nSPS) is 14.0. The van der Waals surface area contributed by atoms with Crippen molar-refractivity contribution in [3.05, 3.63) is 130 Å². The van der Waals surface area contributed by atoms with Crippen LogP contribution < -0.4 is 0 Å². The second-order valence-corrected chi connectivity index (χ2v) is 7.85. The molecule has 0 saturated heterocycles. The minimum absolute atomic E-state index is 0.481. The van der Waals surface area contributed by atoms with Crippen molar-refractivity contribution >= 4 is 22.6 Å². The van der Waals surface area contributed by atoms with Crippen LogP contribution in [0.15, 0.2) is 108 Å². The summed E-state index contributed by atoms with van der Waals surface area (Å²) in [6.07, 6.45) is 0. The van der Waals surface area contributed by atoms with Crippen LogP contribution in [0.4, 0.5) is 0 Å². The van der Waals surface area contributed by atoms with Gasteiger partial charge in [0.2, 0.25) is 0 Å². The Hall–Kier alpha value is -3.29. The molecule has 1 nitrogen and oxygen atoms in total. The molecule has 0 amide bonds. The second kappa shape index (κ2) is 6.10. The van der Waals surface area contributed by atoms with Gasteiger partial charge in [-0.05, 0) is 28.8 Å². The van der Waals surface area contributed by atoms with Gasteiger partial charge in [-0.2, -0.15) is 0 Å². The van der Waals surface area contributed by atoms with Gasteiger partial charge in [-0.15, -0.1) is 0 Å². The smallest absolute Gasteiger partial charge is 0.142 e. The Labute approximate surface area is 174 Å². The zero-order valence-corrected chi connectivity index (χ0v) is 16.4. The summed E-state index contributed by atoms with van der Waals surface area (Å²) in [5.41, 5.74) is 6.16. The van der Waals surface area contributed by atoms with E-state index in [0.717, 1.165) is 27.3 Å². The highest BCUT2D eigenvalue weighted by Crippen LogP contribution is 2.60. The second-order valence-electron chi connectivity index (χ2n) is 7.45. The predicted molar refractivity (Wildman–Crippen MR) is 119 cm³/mol. The third-order valence-electron chi connectivity index (χ3n) is 6.03. The number of para-hydroxylation sites is 1. The molecule has 29 heavy (non-hydrogen) atoms. The number of halogens is 1. The first-order chi connectivity index (χ1) is 14.3. The van der Waals surface area contributed by atoms with Gasteiger partial charge in [0.05, 0.1) is 10.4 Å². The number of furan rings is 1. The van der Waals surface area contributed by atoms with Crippen LogP contribution in [0.5, 0.6) is 0 Å². The molecule has 0 radical (unpaired) electrons. The summed E-state index contributed by atoms with van der Waals surface area (Å²) in [5.74, 6) is 0.875. The Bertz CT molecular complexity index is 1310. The molecular formula is C27H17ClO. The van der Waals surface area contributed by atoms with Gasteiger partial charge >= 0.3 is 0 Å². The van der Waals surface area contributed by atoms with Crippen LogP contribution in [0.2, 0.25) is 5.02 Å². The van der Waals surface area contributed by atoms with E-state index in [2.05, 4.69) is 78.9 Å². The zero-order valence-electron chi connectivity index (χ0n) is 15.6. The average Bonchev–Trinajstić information content (AvgIpc) is 3.29. The maximum Gasteiger partial charge on any atom is 0.142 e. The van der Waals surface area contributed by atoms with E-state index in [9.17, 15) is 0 Å². The molecule has 0 fully saturated rings. The van der Waals surface area contributed by atoms with Crippen molar-refractivity contribution in [2.24, 2.45) is 0 Å². The van der Waals surface area contributed by atoms with Gasteiger partial charge in [-0.25, -0.2) is 0 Å². The van der Waals surface area contributed by atoms with Gasteiger partial charge in [0, 0.05) is 16.5 Å². The maximum absolute atomic E-state index is 6.77. The summed E-state index contributed by atoms with van der Waals surface area (Å²) < 4.78 is 6.43. The molecule has 2 heteroatoms. The summed E-state index contributed by atoms with van der Waals surface area (Å²) in [7, 11) is 0. The fourth-order valence-electron chi connectivity index (χ4n) is 4.94. The Morgan fingerprint density at radius 3 is 1.93 bits per heavy atom. The largest absolute Gasteiger partial charge is 0.456 e. The third kappa shape index (κ3) is 2.11. The van der Waals surface area contributed by atoms with Crippen molar-refractivity contribution in [2.75, 3.05) is 0 Å². The lowest BCUT2D eigenvalue weighted by Crippen LogP contribution is -2.28. The molecule has 1 aliphatic carbocycles. The molecule has 0 spiro atoms. The van der Waals surface area contributed by atoms with Crippen molar-refractivity contribution in [2.45, 2.75) is 5.41 Å². The van der Waals surface area contributed by atoms with Crippen LogP contribution >= 0.6 is 11.6 Å². The lowest BCUT2D eigenvalue weighted by Gasteiger charge is -2.33. The van der Waals surface area contributed by atoms with Gasteiger partial charge in [0.25, 0.3) is 0 Å². The van der Waals surface area contributed by atoms with Crippen molar-refractivity contribution in [3.8, 4) is 11.3 Å². The SMILES string of the molecule is Clc1cccc2c1-c1oc3ccccc3c1C2(c1ccccc1)c1ccccc1. The lowest BCUT2D eigenvalue weighted by atomic mass is 9.67.